The van der Waals surface area contributed by atoms with Crippen LogP contribution in [0.5, 0.6) is 0 Å². The van der Waals surface area contributed by atoms with Crippen LogP contribution in [0.15, 0.2) is 78.1 Å². The fourth-order valence-corrected chi connectivity index (χ4v) is 4.94. The van der Waals surface area contributed by atoms with Crippen molar-refractivity contribution >= 4 is 40.6 Å². The summed E-state index contributed by atoms with van der Waals surface area (Å²) in [5.74, 6) is 0.640. The molecule has 1 saturated heterocycles. The number of nitrogens with zero attached hydrogens (tertiary/aromatic N) is 3. The number of rotatable bonds is 8. The summed E-state index contributed by atoms with van der Waals surface area (Å²) in [7, 11) is 1.75. The lowest BCUT2D eigenvalue weighted by Crippen LogP contribution is -2.38. The molecule has 0 aliphatic carbocycles. The molecule has 1 aliphatic rings. The van der Waals surface area contributed by atoms with E-state index in [0.29, 0.717) is 46.7 Å². The molecule has 0 radical (unpaired) electrons. The Labute approximate surface area is 240 Å². The molecule has 1 fully saturated rings. The van der Waals surface area contributed by atoms with Gasteiger partial charge in [0.15, 0.2) is 0 Å². The Morgan fingerprint density at radius 3 is 2.33 bits per heavy atom. The van der Waals surface area contributed by atoms with Gasteiger partial charge >= 0.3 is 0 Å². The first-order valence-electron chi connectivity index (χ1n) is 13.4. The lowest BCUT2D eigenvalue weighted by Gasteiger charge is -2.32. The number of anilines is 2. The van der Waals surface area contributed by atoms with Gasteiger partial charge in [0, 0.05) is 37.9 Å². The number of nitrogens with two attached hydrogens (primary N) is 1. The van der Waals surface area contributed by atoms with E-state index in [-0.39, 0.29) is 17.9 Å². The van der Waals surface area contributed by atoms with E-state index in [4.69, 9.17) is 17.3 Å². The van der Waals surface area contributed by atoms with Crippen molar-refractivity contribution in [2.75, 3.05) is 30.8 Å². The van der Waals surface area contributed by atoms with Gasteiger partial charge in [0.05, 0.1) is 22.0 Å². The van der Waals surface area contributed by atoms with Crippen LogP contribution in [0, 0.1) is 0 Å². The number of aliphatic imine (C=N–C) groups is 1. The highest BCUT2D eigenvalue weighted by Gasteiger charge is 2.25. The number of carbonyl (C=O) groups is 2. The largest absolute Gasteiger partial charge is 0.405 e. The van der Waals surface area contributed by atoms with Crippen molar-refractivity contribution in [2.45, 2.75) is 38.6 Å². The zero-order valence-electron chi connectivity index (χ0n) is 23.0. The van der Waals surface area contributed by atoms with Crippen molar-refractivity contribution in [3.63, 3.8) is 0 Å². The van der Waals surface area contributed by atoms with Gasteiger partial charge in [0.25, 0.3) is 11.8 Å². The molecule has 0 bridgehead atoms. The van der Waals surface area contributed by atoms with Crippen molar-refractivity contribution in [1.29, 1.82) is 0 Å². The second-order valence-corrected chi connectivity index (χ2v) is 10.4. The van der Waals surface area contributed by atoms with Gasteiger partial charge in [-0.05, 0) is 86.3 Å². The standard InChI is InChI=1S/C31H35ClN6O2/c1-20(2)36-29-11-9-25(19-35-29)30(39)37-28-18-24(8-10-26(28)32)31(40)38-16-13-22(14-17-38)21-4-6-23(7-5-21)27(34-3)12-15-33/h4-12,15,18-20,22H,13-14,16-17,33H2,1-3H3,(H,35,36)(H,37,39). The van der Waals surface area contributed by atoms with E-state index < -0.39 is 0 Å². The maximum Gasteiger partial charge on any atom is 0.257 e. The lowest BCUT2D eigenvalue weighted by atomic mass is 9.88. The molecular weight excluding hydrogens is 524 g/mol. The number of benzene rings is 2. The fraction of sp³-hybridized carbons (Fsp3) is 0.290. The van der Waals surface area contributed by atoms with Gasteiger partial charge in [-0.15, -0.1) is 0 Å². The van der Waals surface area contributed by atoms with Crippen molar-refractivity contribution in [1.82, 2.24) is 9.88 Å². The summed E-state index contributed by atoms with van der Waals surface area (Å²) in [6, 6.07) is 17.0. The minimum absolute atomic E-state index is 0.0795. The monoisotopic (exact) mass is 558 g/mol. The van der Waals surface area contributed by atoms with Gasteiger partial charge in [-0.25, -0.2) is 4.98 Å². The summed E-state index contributed by atoms with van der Waals surface area (Å²) >= 11 is 6.36. The van der Waals surface area contributed by atoms with Gasteiger partial charge in [-0.1, -0.05) is 35.9 Å². The number of amides is 2. The molecule has 208 valence electrons. The van der Waals surface area contributed by atoms with E-state index in [1.807, 2.05) is 18.7 Å². The first-order valence-corrected chi connectivity index (χ1v) is 13.7. The zero-order chi connectivity index (χ0) is 28.6. The number of pyridine rings is 1. The molecule has 2 amide bonds. The van der Waals surface area contributed by atoms with Crippen LogP contribution < -0.4 is 16.4 Å². The molecule has 40 heavy (non-hydrogen) atoms. The third-order valence-corrected chi connectivity index (χ3v) is 7.21. The van der Waals surface area contributed by atoms with E-state index >= 15 is 0 Å². The zero-order valence-corrected chi connectivity index (χ0v) is 23.8. The quantitative estimate of drug-likeness (QED) is 0.306. The van der Waals surface area contributed by atoms with E-state index in [0.717, 1.165) is 24.1 Å². The van der Waals surface area contributed by atoms with Crippen molar-refractivity contribution in [3.05, 3.63) is 100 Å². The molecule has 4 rings (SSSR count). The van der Waals surface area contributed by atoms with E-state index in [9.17, 15) is 9.59 Å². The van der Waals surface area contributed by atoms with E-state index in [2.05, 4.69) is 44.9 Å². The SMILES string of the molecule is CN=C(C=CN)c1ccc(C2CCN(C(=O)c3ccc(Cl)c(NC(=O)c4ccc(NC(C)C)nc4)c3)CC2)cc1. The molecule has 8 nitrogen and oxygen atoms in total. The van der Waals surface area contributed by atoms with E-state index in [1.54, 1.807) is 43.5 Å². The second kappa shape index (κ2) is 13.3. The topological polar surface area (TPSA) is 113 Å². The summed E-state index contributed by atoms with van der Waals surface area (Å²) in [4.78, 5) is 36.6. The van der Waals surface area contributed by atoms with Crippen molar-refractivity contribution in [3.8, 4) is 0 Å². The minimum atomic E-state index is -0.349. The summed E-state index contributed by atoms with van der Waals surface area (Å²) in [5, 5.41) is 6.36. The summed E-state index contributed by atoms with van der Waals surface area (Å²) in [5.41, 5.74) is 9.89. The Bertz CT molecular complexity index is 1390. The second-order valence-electron chi connectivity index (χ2n) is 10.0. The highest BCUT2D eigenvalue weighted by Crippen LogP contribution is 2.30. The maximum atomic E-state index is 13.3. The van der Waals surface area contributed by atoms with Crippen LogP contribution in [0.1, 0.15) is 64.4 Å². The Balaban J connectivity index is 1.37. The third-order valence-electron chi connectivity index (χ3n) is 6.88. The van der Waals surface area contributed by atoms with Gasteiger partial charge < -0.3 is 21.3 Å². The Kier molecular flexibility index (Phi) is 9.56. The van der Waals surface area contributed by atoms with Crippen molar-refractivity contribution < 1.29 is 9.59 Å². The van der Waals surface area contributed by atoms with Crippen LogP contribution in [0.3, 0.4) is 0 Å². The van der Waals surface area contributed by atoms with E-state index in [1.165, 1.54) is 18.0 Å². The average molecular weight is 559 g/mol. The molecule has 0 atom stereocenters. The molecule has 0 spiro atoms. The summed E-state index contributed by atoms with van der Waals surface area (Å²) < 4.78 is 0. The first-order chi connectivity index (χ1) is 19.3. The Hall–Kier alpha value is -4.17. The number of hydrogen-bond donors (Lipinski definition) is 3. The van der Waals surface area contributed by atoms with Crippen LogP contribution >= 0.6 is 11.6 Å². The molecule has 1 aliphatic heterocycles. The highest BCUT2D eigenvalue weighted by atomic mass is 35.5. The Morgan fingerprint density at radius 1 is 1.05 bits per heavy atom. The Morgan fingerprint density at radius 2 is 1.73 bits per heavy atom. The number of hydrogen-bond acceptors (Lipinski definition) is 6. The van der Waals surface area contributed by atoms with Crippen LogP contribution in [0.25, 0.3) is 0 Å². The number of carbonyl (C=O) groups excluding carboxylic acids is 2. The normalized spacial score (nSPS) is 14.5. The third kappa shape index (κ3) is 7.07. The number of nitrogens with one attached hydrogen (secondary N) is 2. The lowest BCUT2D eigenvalue weighted by molar-refractivity contribution is 0.0712. The van der Waals surface area contributed by atoms with Gasteiger partial charge in [0.2, 0.25) is 0 Å². The maximum absolute atomic E-state index is 13.3. The number of likely N-dealkylation sites (tertiary alicyclic amines) is 1. The molecule has 9 heteroatoms. The van der Waals surface area contributed by atoms with Gasteiger partial charge in [-0.2, -0.15) is 0 Å². The molecule has 1 aromatic heterocycles. The van der Waals surface area contributed by atoms with Crippen LogP contribution in [-0.2, 0) is 0 Å². The average Bonchev–Trinajstić information content (AvgIpc) is 2.97. The van der Waals surface area contributed by atoms with Crippen LogP contribution in [0.4, 0.5) is 11.5 Å². The predicted molar refractivity (Wildman–Crippen MR) is 163 cm³/mol. The smallest absolute Gasteiger partial charge is 0.257 e. The summed E-state index contributed by atoms with van der Waals surface area (Å²) in [6.45, 7) is 5.33. The predicted octanol–water partition coefficient (Wildman–Crippen LogP) is 5.72. The molecule has 4 N–H and O–H groups in total. The van der Waals surface area contributed by atoms with Crippen LogP contribution in [-0.4, -0.2) is 53.6 Å². The summed E-state index contributed by atoms with van der Waals surface area (Å²) in [6.07, 6.45) is 6.52. The van der Waals surface area contributed by atoms with Crippen LogP contribution in [0.2, 0.25) is 5.02 Å². The molecular formula is C31H35ClN6O2. The van der Waals surface area contributed by atoms with Crippen molar-refractivity contribution in [2.24, 2.45) is 10.7 Å². The molecule has 0 saturated carbocycles. The molecule has 3 aromatic rings. The fourth-order valence-electron chi connectivity index (χ4n) is 4.77. The number of halogens is 1. The number of allylic oxidation sites excluding steroid dienone is 1. The highest BCUT2D eigenvalue weighted by molar-refractivity contribution is 6.34. The number of piperidine rings is 1. The number of aromatic nitrogens is 1. The first kappa shape index (κ1) is 28.8. The molecule has 2 aromatic carbocycles. The molecule has 0 unspecified atom stereocenters. The van der Waals surface area contributed by atoms with Gasteiger partial charge in [0.1, 0.15) is 5.82 Å². The minimum Gasteiger partial charge on any atom is -0.405 e. The van der Waals surface area contributed by atoms with Gasteiger partial charge in [-0.3, -0.25) is 14.6 Å². The molecule has 2 heterocycles.